The van der Waals surface area contributed by atoms with Crippen LogP contribution in [0.2, 0.25) is 5.02 Å². The highest BCUT2D eigenvalue weighted by molar-refractivity contribution is 6.30. The Hall–Kier alpha value is -3.45. The van der Waals surface area contributed by atoms with Gasteiger partial charge in [-0.3, -0.25) is 9.59 Å². The van der Waals surface area contributed by atoms with Crippen molar-refractivity contribution in [3.8, 4) is 11.5 Å². The van der Waals surface area contributed by atoms with E-state index in [1.807, 2.05) is 18.2 Å². The summed E-state index contributed by atoms with van der Waals surface area (Å²) in [6, 6.07) is 15.0. The molecule has 2 heterocycles. The van der Waals surface area contributed by atoms with Crippen molar-refractivity contribution in [3.63, 3.8) is 0 Å². The molecule has 182 valence electrons. The van der Waals surface area contributed by atoms with Crippen molar-refractivity contribution in [3.05, 3.63) is 82.8 Å². The standard InChI is InChI=1S/C27H27ClN2O5/c28-20-11-9-19(10-12-20)25(26(31)29-21-5-2-1-3-6-21)30(27(32)23-7-4-14-33-23)16-18-8-13-22-24(15-18)35-17-34-22/h4,7-15,21,25H,1-3,5-6,16-17H2,(H,29,31)/t25-/m1/s1. The van der Waals surface area contributed by atoms with Crippen LogP contribution in [0.5, 0.6) is 11.5 Å². The summed E-state index contributed by atoms with van der Waals surface area (Å²) in [7, 11) is 0. The molecule has 1 fully saturated rings. The number of nitrogens with one attached hydrogen (secondary N) is 1. The van der Waals surface area contributed by atoms with Crippen molar-refractivity contribution in [1.29, 1.82) is 0 Å². The molecule has 2 aromatic carbocycles. The average Bonchev–Trinajstić information content (AvgIpc) is 3.57. The predicted octanol–water partition coefficient (Wildman–Crippen LogP) is 5.49. The zero-order valence-corrected chi connectivity index (χ0v) is 20.0. The minimum Gasteiger partial charge on any atom is -0.459 e. The van der Waals surface area contributed by atoms with Crippen LogP contribution >= 0.6 is 11.6 Å². The Morgan fingerprint density at radius 1 is 1.00 bits per heavy atom. The lowest BCUT2D eigenvalue weighted by atomic mass is 9.94. The smallest absolute Gasteiger partial charge is 0.290 e. The lowest BCUT2D eigenvalue weighted by molar-refractivity contribution is -0.127. The van der Waals surface area contributed by atoms with Gasteiger partial charge in [-0.25, -0.2) is 0 Å². The van der Waals surface area contributed by atoms with E-state index in [-0.39, 0.29) is 37.0 Å². The van der Waals surface area contributed by atoms with Crippen molar-refractivity contribution in [2.24, 2.45) is 0 Å². The Morgan fingerprint density at radius 3 is 2.51 bits per heavy atom. The van der Waals surface area contributed by atoms with Gasteiger partial charge in [-0.1, -0.05) is 49.1 Å². The Morgan fingerprint density at radius 2 is 1.77 bits per heavy atom. The van der Waals surface area contributed by atoms with Crippen LogP contribution in [0, 0.1) is 0 Å². The number of carbonyl (C=O) groups excluding carboxylic acids is 2. The number of hydrogen-bond acceptors (Lipinski definition) is 5. The molecule has 0 unspecified atom stereocenters. The zero-order valence-electron chi connectivity index (χ0n) is 19.2. The van der Waals surface area contributed by atoms with Gasteiger partial charge in [-0.2, -0.15) is 0 Å². The van der Waals surface area contributed by atoms with Crippen molar-refractivity contribution in [2.75, 3.05) is 6.79 Å². The Bertz CT molecular complexity index is 1170. The quantitative estimate of drug-likeness (QED) is 0.469. The van der Waals surface area contributed by atoms with Gasteiger partial charge in [0.25, 0.3) is 5.91 Å². The van der Waals surface area contributed by atoms with Crippen LogP contribution in [0.1, 0.15) is 59.8 Å². The second-order valence-electron chi connectivity index (χ2n) is 8.90. The molecule has 1 aliphatic carbocycles. The molecule has 8 heteroatoms. The number of hydrogen-bond donors (Lipinski definition) is 1. The maximum Gasteiger partial charge on any atom is 0.290 e. The van der Waals surface area contributed by atoms with Crippen LogP contribution in [0.25, 0.3) is 0 Å². The van der Waals surface area contributed by atoms with Crippen LogP contribution in [-0.2, 0) is 11.3 Å². The van der Waals surface area contributed by atoms with Gasteiger partial charge in [-0.05, 0) is 60.4 Å². The highest BCUT2D eigenvalue weighted by Crippen LogP contribution is 2.34. The number of carbonyl (C=O) groups is 2. The van der Waals surface area contributed by atoms with Crippen molar-refractivity contribution in [1.82, 2.24) is 10.2 Å². The molecule has 0 radical (unpaired) electrons. The maximum atomic E-state index is 13.8. The van der Waals surface area contributed by atoms with Crippen LogP contribution < -0.4 is 14.8 Å². The number of nitrogens with zero attached hydrogens (tertiary/aromatic N) is 1. The van der Waals surface area contributed by atoms with E-state index in [1.165, 1.54) is 17.6 Å². The normalized spacial score (nSPS) is 16.0. The van der Waals surface area contributed by atoms with E-state index < -0.39 is 6.04 Å². The van der Waals surface area contributed by atoms with Gasteiger partial charge in [0.1, 0.15) is 6.04 Å². The molecule has 1 atom stereocenters. The second kappa shape index (κ2) is 10.4. The summed E-state index contributed by atoms with van der Waals surface area (Å²) in [6.45, 7) is 0.326. The van der Waals surface area contributed by atoms with Gasteiger partial charge in [0, 0.05) is 17.6 Å². The van der Waals surface area contributed by atoms with Gasteiger partial charge in [0.15, 0.2) is 17.3 Å². The monoisotopic (exact) mass is 494 g/mol. The summed E-state index contributed by atoms with van der Waals surface area (Å²) in [6.07, 6.45) is 6.68. The molecule has 1 N–H and O–H groups in total. The van der Waals surface area contributed by atoms with Gasteiger partial charge < -0.3 is 24.1 Å². The van der Waals surface area contributed by atoms with Crippen LogP contribution in [0.3, 0.4) is 0 Å². The minimum atomic E-state index is -0.878. The third-order valence-corrected chi connectivity index (χ3v) is 6.73. The van der Waals surface area contributed by atoms with Crippen LogP contribution in [-0.4, -0.2) is 29.5 Å². The molecule has 1 saturated carbocycles. The Labute approximate surface area is 209 Å². The van der Waals surface area contributed by atoms with Gasteiger partial charge in [0.05, 0.1) is 6.26 Å². The van der Waals surface area contributed by atoms with Crippen LogP contribution in [0.15, 0.2) is 65.3 Å². The minimum absolute atomic E-state index is 0.0946. The van der Waals surface area contributed by atoms with Gasteiger partial charge >= 0.3 is 0 Å². The molecule has 0 bridgehead atoms. The average molecular weight is 495 g/mol. The molecule has 3 aromatic rings. The number of halogens is 1. The number of furan rings is 1. The number of benzene rings is 2. The SMILES string of the molecule is O=C(NC1CCCCC1)[C@@H](c1ccc(Cl)cc1)N(Cc1ccc2c(c1)OCO2)C(=O)c1ccco1. The number of ether oxygens (including phenoxy) is 2. The van der Waals surface area contributed by atoms with E-state index in [4.69, 9.17) is 25.5 Å². The van der Waals surface area contributed by atoms with Crippen molar-refractivity contribution >= 4 is 23.4 Å². The molecular formula is C27H27ClN2O5. The molecule has 5 rings (SSSR count). The first-order valence-electron chi connectivity index (χ1n) is 11.9. The molecule has 35 heavy (non-hydrogen) atoms. The van der Waals surface area contributed by atoms with Gasteiger partial charge in [0.2, 0.25) is 12.7 Å². The maximum absolute atomic E-state index is 13.8. The number of fused-ring (bicyclic) bond motifs is 1. The number of amides is 2. The topological polar surface area (TPSA) is 81.0 Å². The molecule has 1 aliphatic heterocycles. The fourth-order valence-corrected chi connectivity index (χ4v) is 4.83. The second-order valence-corrected chi connectivity index (χ2v) is 9.33. The first-order valence-corrected chi connectivity index (χ1v) is 12.2. The third kappa shape index (κ3) is 5.30. The summed E-state index contributed by atoms with van der Waals surface area (Å²) in [5.41, 5.74) is 1.47. The van der Waals surface area contributed by atoms with Crippen molar-refractivity contribution < 1.29 is 23.5 Å². The summed E-state index contributed by atoms with van der Waals surface area (Å²) in [5.74, 6) is 0.825. The third-order valence-electron chi connectivity index (χ3n) is 6.48. The molecule has 2 aliphatic rings. The molecule has 7 nitrogen and oxygen atoms in total. The zero-order chi connectivity index (χ0) is 24.2. The van der Waals surface area contributed by atoms with E-state index in [1.54, 1.807) is 36.4 Å². The van der Waals surface area contributed by atoms with E-state index >= 15 is 0 Å². The Kier molecular flexibility index (Phi) is 6.95. The fourth-order valence-electron chi connectivity index (χ4n) is 4.70. The first kappa shape index (κ1) is 23.3. The summed E-state index contributed by atoms with van der Waals surface area (Å²) >= 11 is 6.14. The molecule has 0 saturated heterocycles. The van der Waals surface area contributed by atoms with Crippen molar-refractivity contribution in [2.45, 2.75) is 50.7 Å². The summed E-state index contributed by atoms with van der Waals surface area (Å²) < 4.78 is 16.4. The first-order chi connectivity index (χ1) is 17.1. The molecular weight excluding hydrogens is 468 g/mol. The number of rotatable bonds is 7. The fraction of sp³-hybridized carbons (Fsp3) is 0.333. The molecule has 2 amide bonds. The largest absolute Gasteiger partial charge is 0.459 e. The highest BCUT2D eigenvalue weighted by Gasteiger charge is 2.34. The summed E-state index contributed by atoms with van der Waals surface area (Å²) in [5, 5.41) is 3.75. The predicted molar refractivity (Wildman–Crippen MR) is 130 cm³/mol. The van der Waals surface area contributed by atoms with Gasteiger partial charge in [-0.15, -0.1) is 0 Å². The van der Waals surface area contributed by atoms with E-state index in [0.29, 0.717) is 22.1 Å². The lowest BCUT2D eigenvalue weighted by Crippen LogP contribution is -2.46. The molecule has 0 spiro atoms. The van der Waals surface area contributed by atoms with E-state index in [0.717, 1.165) is 31.2 Å². The Balaban J connectivity index is 1.51. The molecule has 1 aromatic heterocycles. The highest BCUT2D eigenvalue weighted by atomic mass is 35.5. The van der Waals surface area contributed by atoms with E-state index in [2.05, 4.69) is 5.32 Å². The van der Waals surface area contributed by atoms with E-state index in [9.17, 15) is 9.59 Å². The lowest BCUT2D eigenvalue weighted by Gasteiger charge is -2.33. The summed E-state index contributed by atoms with van der Waals surface area (Å²) in [4.78, 5) is 29.0. The van der Waals surface area contributed by atoms with Crippen LogP contribution in [0.4, 0.5) is 0 Å².